The van der Waals surface area contributed by atoms with Crippen LogP contribution in [0.15, 0.2) is 0 Å². The van der Waals surface area contributed by atoms with Crippen molar-refractivity contribution >= 4 is 7.82 Å². The molecule has 0 atom stereocenters. The molecule has 0 unspecified atom stereocenters. The summed E-state index contributed by atoms with van der Waals surface area (Å²) in [5, 5.41) is 0. The Kier molecular flexibility index (Phi) is 26.2. The average molecular weight is 438 g/mol. The molecule has 0 spiro atoms. The highest BCUT2D eigenvalue weighted by atomic mass is 31.2. The first-order valence-corrected chi connectivity index (χ1v) is 13.6. The summed E-state index contributed by atoms with van der Waals surface area (Å²) < 4.78 is 17.7. The third-order valence-corrected chi connectivity index (χ3v) is 6.26. The van der Waals surface area contributed by atoms with Gasteiger partial charge >= 0.3 is 0 Å². The Bertz CT molecular complexity index is 328. The summed E-state index contributed by atoms with van der Waals surface area (Å²) in [4.78, 5) is 11.7. The largest absolute Gasteiger partial charge is 0.756 e. The first kappa shape index (κ1) is 31.3. The van der Waals surface area contributed by atoms with E-state index in [9.17, 15) is 9.46 Å². The number of unbranched alkanes of at least 4 members (excludes halogenated alkanes) is 14. The molecule has 1 N–H and O–H groups in total. The van der Waals surface area contributed by atoms with Crippen LogP contribution in [0.4, 0.5) is 0 Å². The van der Waals surface area contributed by atoms with Crippen LogP contribution >= 0.6 is 7.82 Å². The van der Waals surface area contributed by atoms with Gasteiger partial charge in [-0.05, 0) is 25.7 Å². The second-order valence-electron chi connectivity index (χ2n) is 8.22. The summed E-state index contributed by atoms with van der Waals surface area (Å²) >= 11 is 0. The van der Waals surface area contributed by atoms with Crippen LogP contribution in [0.25, 0.3) is 0 Å². The van der Waals surface area contributed by atoms with E-state index >= 15 is 0 Å². The Balaban J connectivity index is 0. The van der Waals surface area contributed by atoms with Gasteiger partial charge in [0, 0.05) is 14.2 Å². The van der Waals surface area contributed by atoms with Crippen LogP contribution in [0.3, 0.4) is 0 Å². The molecule has 0 aromatic rings. The summed E-state index contributed by atoms with van der Waals surface area (Å²) in [6.45, 7) is 7.38. The molecule has 178 valence electrons. The molecule has 29 heavy (non-hydrogen) atoms. The average Bonchev–Trinajstić information content (AvgIpc) is 2.72. The van der Waals surface area contributed by atoms with E-state index in [0.717, 1.165) is 14.2 Å². The number of rotatable bonds is 20. The molecule has 0 saturated heterocycles. The van der Waals surface area contributed by atoms with Crippen molar-refractivity contribution in [3.05, 3.63) is 0 Å². The number of hydrogen-bond donors (Lipinski definition) is 1. The molecule has 0 aliphatic heterocycles. The van der Waals surface area contributed by atoms with Crippen LogP contribution in [0, 0.1) is 0 Å². The monoisotopic (exact) mass is 437 g/mol. The Labute approximate surface area is 182 Å². The highest BCUT2D eigenvalue weighted by Gasteiger charge is 2.01. The zero-order valence-corrected chi connectivity index (χ0v) is 21.2. The Hall–Kier alpha value is 0.0700. The maximum atomic E-state index is 9.95. The fourth-order valence-corrected chi connectivity index (χ4v) is 3.47. The highest BCUT2D eigenvalue weighted by Crippen LogP contribution is 2.34. The molecular formula is C23H52NO4P. The van der Waals surface area contributed by atoms with E-state index < -0.39 is 7.82 Å². The number of nitrogens with one attached hydrogen (secondary N) is 1. The topological polar surface area (TPSA) is 63.0 Å². The molecule has 0 heterocycles. The summed E-state index contributed by atoms with van der Waals surface area (Å²) in [6.07, 6.45) is 23.1. The lowest BCUT2D eigenvalue weighted by molar-refractivity contribution is -0.880. The predicted molar refractivity (Wildman–Crippen MR) is 123 cm³/mol. The van der Waals surface area contributed by atoms with Crippen LogP contribution in [0.5, 0.6) is 0 Å². The molecule has 6 heteroatoms. The molecule has 0 aliphatic rings. The van der Waals surface area contributed by atoms with Gasteiger partial charge in [0.1, 0.15) is 0 Å². The van der Waals surface area contributed by atoms with E-state index in [1.54, 1.807) is 4.90 Å². The van der Waals surface area contributed by atoms with Crippen LogP contribution in [0.1, 0.15) is 117 Å². The van der Waals surface area contributed by atoms with Crippen molar-refractivity contribution in [2.24, 2.45) is 0 Å². The standard InChI is InChI=1S/C21H45N.C2H7O4P/c1-4-6-8-10-12-14-16-18-20-22(3)21-19-17-15-13-11-9-7-5-2;1-5-7(3,4)6-2/h4-21H2,1-3H3;1-2H3,(H,3,4). The van der Waals surface area contributed by atoms with E-state index in [1.165, 1.54) is 116 Å². The number of quaternary nitrogens is 1. The van der Waals surface area contributed by atoms with Crippen molar-refractivity contribution in [1.29, 1.82) is 0 Å². The highest BCUT2D eigenvalue weighted by molar-refractivity contribution is 7.45. The maximum Gasteiger partial charge on any atom is 0.267 e. The smallest absolute Gasteiger partial charge is 0.267 e. The van der Waals surface area contributed by atoms with Crippen LogP contribution in [-0.2, 0) is 13.6 Å². The minimum atomic E-state index is -3.90. The molecular weight excluding hydrogens is 385 g/mol. The lowest BCUT2D eigenvalue weighted by Crippen LogP contribution is -3.09. The fourth-order valence-electron chi connectivity index (χ4n) is 3.32. The summed E-state index contributed by atoms with van der Waals surface area (Å²) in [6, 6.07) is 0. The van der Waals surface area contributed by atoms with Gasteiger partial charge in [-0.2, -0.15) is 0 Å². The molecule has 0 amide bonds. The minimum Gasteiger partial charge on any atom is -0.756 e. The summed E-state index contributed by atoms with van der Waals surface area (Å²) in [5.74, 6) is 0. The zero-order valence-electron chi connectivity index (χ0n) is 20.3. The molecule has 5 nitrogen and oxygen atoms in total. The first-order chi connectivity index (χ1) is 13.9. The summed E-state index contributed by atoms with van der Waals surface area (Å²) in [7, 11) is 0.565. The predicted octanol–water partition coefficient (Wildman–Crippen LogP) is 5.53. The minimum absolute atomic E-state index is 1.04. The van der Waals surface area contributed by atoms with Crippen LogP contribution in [-0.4, -0.2) is 34.4 Å². The van der Waals surface area contributed by atoms with Crippen molar-refractivity contribution in [3.63, 3.8) is 0 Å². The van der Waals surface area contributed by atoms with Gasteiger partial charge < -0.3 is 18.8 Å². The zero-order chi connectivity index (χ0) is 22.2. The van der Waals surface area contributed by atoms with Crippen LogP contribution < -0.4 is 9.79 Å². The van der Waals surface area contributed by atoms with E-state index in [4.69, 9.17) is 0 Å². The van der Waals surface area contributed by atoms with Crippen molar-refractivity contribution in [2.45, 2.75) is 117 Å². The number of phosphoric acid groups is 1. The van der Waals surface area contributed by atoms with Gasteiger partial charge in [0.15, 0.2) is 0 Å². The van der Waals surface area contributed by atoms with Crippen LogP contribution in [0.2, 0.25) is 0 Å². The summed E-state index contributed by atoms with van der Waals surface area (Å²) in [5.41, 5.74) is 0. The second kappa shape index (κ2) is 24.3. The van der Waals surface area contributed by atoms with Gasteiger partial charge in [0.2, 0.25) is 0 Å². The molecule has 0 fully saturated rings. The lowest BCUT2D eigenvalue weighted by Gasteiger charge is -2.16. The third-order valence-electron chi connectivity index (χ3n) is 5.36. The third kappa shape index (κ3) is 28.1. The Morgan fingerprint density at radius 3 is 1.14 bits per heavy atom. The second-order valence-corrected chi connectivity index (χ2v) is 9.84. The fraction of sp³-hybridized carbons (Fsp3) is 1.00. The maximum absolute atomic E-state index is 9.95. The van der Waals surface area contributed by atoms with Crippen molar-refractivity contribution in [2.75, 3.05) is 34.4 Å². The number of hydrogen-bond acceptors (Lipinski definition) is 4. The number of phosphoric ester groups is 1. The molecule has 0 aliphatic carbocycles. The van der Waals surface area contributed by atoms with Gasteiger partial charge in [-0.25, -0.2) is 0 Å². The normalized spacial score (nSPS) is 11.6. The Morgan fingerprint density at radius 1 is 0.621 bits per heavy atom. The van der Waals surface area contributed by atoms with Gasteiger partial charge in [0.05, 0.1) is 20.1 Å². The van der Waals surface area contributed by atoms with Gasteiger partial charge in [0.25, 0.3) is 7.82 Å². The van der Waals surface area contributed by atoms with E-state index in [-0.39, 0.29) is 0 Å². The SMILES string of the molecule is CCCCCCCCCC[NH+](C)CCCCCCCCCC.COP(=O)([O-])OC. The molecule has 0 bridgehead atoms. The van der Waals surface area contributed by atoms with Crippen molar-refractivity contribution < 1.29 is 23.4 Å². The quantitative estimate of drug-likeness (QED) is 0.201. The van der Waals surface area contributed by atoms with Crippen molar-refractivity contribution in [3.8, 4) is 0 Å². The molecule has 0 aromatic heterocycles. The van der Waals surface area contributed by atoms with E-state index in [2.05, 4.69) is 29.9 Å². The van der Waals surface area contributed by atoms with E-state index in [1.807, 2.05) is 0 Å². The molecule has 0 radical (unpaired) electrons. The van der Waals surface area contributed by atoms with Crippen molar-refractivity contribution in [1.82, 2.24) is 0 Å². The van der Waals surface area contributed by atoms with E-state index in [0.29, 0.717) is 0 Å². The molecule has 0 saturated carbocycles. The lowest BCUT2D eigenvalue weighted by atomic mass is 10.1. The van der Waals surface area contributed by atoms with Gasteiger partial charge in [-0.15, -0.1) is 0 Å². The first-order valence-electron chi connectivity index (χ1n) is 12.2. The van der Waals surface area contributed by atoms with Gasteiger partial charge in [-0.1, -0.05) is 90.9 Å². The molecule has 0 aromatic carbocycles. The van der Waals surface area contributed by atoms with Gasteiger partial charge in [-0.3, -0.25) is 4.57 Å². The Morgan fingerprint density at radius 2 is 0.897 bits per heavy atom. The molecule has 0 rings (SSSR count).